The largest absolute Gasteiger partial charge is 0.391 e. The van der Waals surface area contributed by atoms with E-state index in [1.54, 1.807) is 26.3 Å². The maximum Gasteiger partial charge on any atom is 0.258 e. The Labute approximate surface area is 290 Å². The fourth-order valence-electron chi connectivity index (χ4n) is 5.61. The Morgan fingerprint density at radius 3 is 2.37 bits per heavy atom. The van der Waals surface area contributed by atoms with Crippen LogP contribution in [0.1, 0.15) is 63.8 Å². The minimum atomic E-state index is -1.99. The molecule has 2 aliphatic rings. The first-order chi connectivity index (χ1) is 23.2. The third-order valence-electron chi connectivity index (χ3n) is 8.58. The molecule has 6 N–H and O–H groups in total. The highest BCUT2D eigenvalue weighted by molar-refractivity contribution is 7.13. The van der Waals surface area contributed by atoms with E-state index in [4.69, 9.17) is 15.2 Å². The van der Waals surface area contributed by atoms with Crippen molar-refractivity contribution in [2.24, 2.45) is 11.1 Å². The number of nitrogens with two attached hydrogens (primary N) is 1. The molecule has 2 fully saturated rings. The minimum absolute atomic E-state index is 0.0374. The van der Waals surface area contributed by atoms with Crippen molar-refractivity contribution in [1.82, 2.24) is 25.8 Å². The zero-order valence-corrected chi connectivity index (χ0v) is 29.4. The summed E-state index contributed by atoms with van der Waals surface area (Å²) >= 11 is 1.51. The molecule has 0 unspecified atom stereocenters. The predicted molar refractivity (Wildman–Crippen MR) is 182 cm³/mol. The van der Waals surface area contributed by atoms with Crippen LogP contribution in [0.5, 0.6) is 0 Å². The van der Waals surface area contributed by atoms with Gasteiger partial charge in [0, 0.05) is 26.1 Å². The number of alkyl halides is 1. The lowest BCUT2D eigenvalue weighted by molar-refractivity contribution is -0.145. The second kappa shape index (κ2) is 16.9. The van der Waals surface area contributed by atoms with Crippen LogP contribution in [0, 0.1) is 12.3 Å². The quantitative estimate of drug-likeness (QED) is 0.153. The summed E-state index contributed by atoms with van der Waals surface area (Å²) in [5.74, 6) is -2.33. The van der Waals surface area contributed by atoms with E-state index in [0.29, 0.717) is 31.9 Å². The first-order valence-electron chi connectivity index (χ1n) is 16.6. The van der Waals surface area contributed by atoms with Gasteiger partial charge in [0.2, 0.25) is 17.7 Å². The number of aromatic nitrogens is 1. The van der Waals surface area contributed by atoms with Crippen LogP contribution >= 0.6 is 11.3 Å². The molecule has 13 nitrogen and oxygen atoms in total. The van der Waals surface area contributed by atoms with E-state index in [9.17, 15) is 28.7 Å². The Morgan fingerprint density at radius 2 is 1.78 bits per heavy atom. The lowest BCUT2D eigenvalue weighted by Gasteiger charge is -2.36. The highest BCUT2D eigenvalue weighted by Crippen LogP contribution is 2.40. The molecule has 1 saturated heterocycles. The van der Waals surface area contributed by atoms with Crippen molar-refractivity contribution >= 4 is 35.0 Å². The number of hydrogen-bond acceptors (Lipinski definition) is 10. The van der Waals surface area contributed by atoms with Gasteiger partial charge in [-0.2, -0.15) is 0 Å². The smallest absolute Gasteiger partial charge is 0.258 e. The van der Waals surface area contributed by atoms with Crippen LogP contribution < -0.4 is 21.7 Å². The van der Waals surface area contributed by atoms with Crippen molar-refractivity contribution in [1.29, 1.82) is 0 Å². The highest BCUT2D eigenvalue weighted by Gasteiger charge is 2.53. The van der Waals surface area contributed by atoms with Crippen molar-refractivity contribution in [3.05, 3.63) is 41.0 Å². The number of halogens is 1. The molecule has 4 atom stereocenters. The molecule has 1 aromatic carbocycles. The number of amides is 4. The number of aliphatic hydroxyl groups excluding tert-OH is 1. The lowest BCUT2D eigenvalue weighted by atomic mass is 9.85. The van der Waals surface area contributed by atoms with E-state index in [1.165, 1.54) is 16.2 Å². The maximum absolute atomic E-state index is 14.6. The third kappa shape index (κ3) is 10.5. The number of β-amino-alcohol motifs (C(OH)–C–C–N with tert-alkyl or cyclic N) is 1. The Bertz CT molecular complexity index is 1450. The Hall–Kier alpha value is -3.50. The van der Waals surface area contributed by atoms with Crippen LogP contribution in [0.25, 0.3) is 10.4 Å². The number of rotatable bonds is 17. The molecule has 49 heavy (non-hydrogen) atoms. The van der Waals surface area contributed by atoms with Crippen molar-refractivity contribution in [2.45, 2.75) is 83.3 Å². The van der Waals surface area contributed by atoms with Gasteiger partial charge in [-0.1, -0.05) is 45.0 Å². The molecule has 2 heterocycles. The van der Waals surface area contributed by atoms with Gasteiger partial charge in [-0.15, -0.1) is 11.3 Å². The minimum Gasteiger partial charge on any atom is -0.391 e. The molecule has 1 saturated carbocycles. The highest BCUT2D eigenvalue weighted by atomic mass is 32.1. The summed E-state index contributed by atoms with van der Waals surface area (Å²) in [6.07, 6.45) is -0.948. The average molecular weight is 705 g/mol. The van der Waals surface area contributed by atoms with Gasteiger partial charge in [0.1, 0.15) is 12.1 Å². The van der Waals surface area contributed by atoms with E-state index in [1.807, 2.05) is 31.2 Å². The molecule has 1 aliphatic carbocycles. The van der Waals surface area contributed by atoms with Gasteiger partial charge in [-0.3, -0.25) is 19.2 Å². The molecule has 0 radical (unpaired) electrons. The molecule has 1 aliphatic heterocycles. The second-order valence-corrected chi connectivity index (χ2v) is 14.5. The molecule has 270 valence electrons. The predicted octanol–water partition coefficient (Wildman–Crippen LogP) is 1.77. The molecular weight excluding hydrogens is 655 g/mol. The standard InChI is InChI=1S/C34H49FN6O7S/c1-21-28(49-20-38-21)23-7-5-22(6-8-23)25(18-27(43)37-12-14-48-16-15-47-13-11-36)39-30(44)26-17-24(42)19-41(26)31(45)29(33(2,3)4)40-32(46)34(35)9-10-34/h5-8,20,24-26,29,42H,9-19,36H2,1-4H3,(H,37,43)(H,39,44)(H,40,46)/t24-,25+,26+,29-/m1/s1. The number of thiazole rings is 1. The number of aryl methyl sites for hydroxylation is 1. The molecule has 4 amide bonds. The molecular formula is C34H49FN6O7S. The van der Waals surface area contributed by atoms with Crippen molar-refractivity contribution < 1.29 is 38.1 Å². The van der Waals surface area contributed by atoms with Gasteiger partial charge in [-0.05, 0) is 36.3 Å². The van der Waals surface area contributed by atoms with Crippen molar-refractivity contribution in [2.75, 3.05) is 46.1 Å². The normalized spacial score (nSPS) is 19.6. The maximum atomic E-state index is 14.6. The first-order valence-corrected chi connectivity index (χ1v) is 17.5. The molecule has 4 rings (SSSR count). The summed E-state index contributed by atoms with van der Waals surface area (Å²) in [5, 5.41) is 18.9. The van der Waals surface area contributed by atoms with Crippen molar-refractivity contribution in [3.63, 3.8) is 0 Å². The Kier molecular flexibility index (Phi) is 13.2. The lowest BCUT2D eigenvalue weighted by Crippen LogP contribution is -2.59. The summed E-state index contributed by atoms with van der Waals surface area (Å²) in [6.45, 7) is 9.13. The molecule has 0 bridgehead atoms. The zero-order chi connectivity index (χ0) is 35.8. The fourth-order valence-corrected chi connectivity index (χ4v) is 6.42. The van der Waals surface area contributed by atoms with Crippen molar-refractivity contribution in [3.8, 4) is 10.4 Å². The molecule has 1 aromatic heterocycles. The topological polar surface area (TPSA) is 185 Å². The summed E-state index contributed by atoms with van der Waals surface area (Å²) in [7, 11) is 0. The van der Waals surface area contributed by atoms with Gasteiger partial charge in [0.05, 0.1) is 61.1 Å². The monoisotopic (exact) mass is 704 g/mol. The number of nitrogens with one attached hydrogen (secondary N) is 3. The second-order valence-electron chi connectivity index (χ2n) is 13.7. The van der Waals surface area contributed by atoms with Crippen LogP contribution in [0.3, 0.4) is 0 Å². The van der Waals surface area contributed by atoms with E-state index in [2.05, 4.69) is 20.9 Å². The van der Waals surface area contributed by atoms with Crippen LogP contribution in [-0.4, -0.2) is 109 Å². The number of benzene rings is 1. The van der Waals surface area contributed by atoms with Crippen LogP contribution in [-0.2, 0) is 28.7 Å². The average Bonchev–Trinajstić information content (AvgIpc) is 3.46. The SMILES string of the molecule is Cc1ncsc1-c1ccc([C@H](CC(=O)NCCOCCOCCN)NC(=O)[C@@H]2C[C@@H](O)CN2C(=O)[C@@H](NC(=O)C2(F)CC2)C(C)(C)C)cc1. The molecule has 2 aromatic rings. The number of likely N-dealkylation sites (tertiary alicyclic amines) is 1. The Morgan fingerprint density at radius 1 is 1.10 bits per heavy atom. The van der Waals surface area contributed by atoms with Crippen LogP contribution in [0.2, 0.25) is 0 Å². The van der Waals surface area contributed by atoms with E-state index in [-0.39, 0.29) is 51.3 Å². The van der Waals surface area contributed by atoms with Gasteiger partial charge < -0.3 is 41.2 Å². The van der Waals surface area contributed by atoms with Gasteiger partial charge >= 0.3 is 0 Å². The number of carbonyl (C=O) groups excluding carboxylic acids is 4. The molecule has 15 heteroatoms. The molecule has 0 spiro atoms. The zero-order valence-electron chi connectivity index (χ0n) is 28.6. The van der Waals surface area contributed by atoms with Gasteiger partial charge in [0.15, 0.2) is 5.67 Å². The number of aliphatic hydroxyl groups is 1. The van der Waals surface area contributed by atoms with Gasteiger partial charge in [0.25, 0.3) is 5.91 Å². The Balaban J connectivity index is 1.47. The summed E-state index contributed by atoms with van der Waals surface area (Å²) in [5.41, 5.74) is 6.86. The number of hydrogen-bond donors (Lipinski definition) is 5. The van der Waals surface area contributed by atoms with E-state index in [0.717, 1.165) is 16.1 Å². The van der Waals surface area contributed by atoms with Crippen LogP contribution in [0.15, 0.2) is 29.8 Å². The van der Waals surface area contributed by atoms with Gasteiger partial charge in [-0.25, -0.2) is 9.37 Å². The number of nitrogens with zero attached hydrogens (tertiary/aromatic N) is 2. The number of ether oxygens (including phenoxy) is 2. The summed E-state index contributed by atoms with van der Waals surface area (Å²) in [6, 6.07) is 4.48. The van der Waals surface area contributed by atoms with E-state index >= 15 is 0 Å². The summed E-state index contributed by atoms with van der Waals surface area (Å²) < 4.78 is 25.3. The third-order valence-corrected chi connectivity index (χ3v) is 9.56. The summed E-state index contributed by atoms with van der Waals surface area (Å²) in [4.78, 5) is 60.1. The first kappa shape index (κ1) is 38.3. The number of carbonyl (C=O) groups is 4. The van der Waals surface area contributed by atoms with Crippen LogP contribution in [0.4, 0.5) is 4.39 Å². The fraction of sp³-hybridized carbons (Fsp3) is 0.618. The van der Waals surface area contributed by atoms with E-state index < -0.39 is 53.0 Å².